The number of piperazine rings is 1. The van der Waals surface area contributed by atoms with Crippen LogP contribution < -0.4 is 4.74 Å². The molecule has 0 bridgehead atoms. The first-order valence-corrected chi connectivity index (χ1v) is 10.5. The van der Waals surface area contributed by atoms with Crippen molar-refractivity contribution in [1.82, 2.24) is 15.0 Å². The van der Waals surface area contributed by atoms with Crippen molar-refractivity contribution in [3.8, 4) is 5.75 Å². The zero-order valence-corrected chi connectivity index (χ0v) is 17.9. The molecular formula is C23H23ClFN3O3. The summed E-state index contributed by atoms with van der Waals surface area (Å²) in [6, 6.07) is 13.9. The van der Waals surface area contributed by atoms with Crippen LogP contribution in [0.25, 0.3) is 0 Å². The minimum absolute atomic E-state index is 0.00602. The van der Waals surface area contributed by atoms with Gasteiger partial charge in [0.05, 0.1) is 5.56 Å². The summed E-state index contributed by atoms with van der Waals surface area (Å²) in [6.45, 7) is 5.16. The molecule has 2 heterocycles. The van der Waals surface area contributed by atoms with Gasteiger partial charge >= 0.3 is 0 Å². The van der Waals surface area contributed by atoms with Crippen molar-refractivity contribution in [2.24, 2.45) is 0 Å². The molecule has 1 amide bonds. The summed E-state index contributed by atoms with van der Waals surface area (Å²) in [6.07, 6.45) is 0. The van der Waals surface area contributed by atoms with Gasteiger partial charge in [0.1, 0.15) is 12.4 Å². The highest BCUT2D eigenvalue weighted by Crippen LogP contribution is 2.22. The second-order valence-electron chi connectivity index (χ2n) is 7.48. The maximum atomic E-state index is 13.8. The van der Waals surface area contributed by atoms with Crippen LogP contribution in [0.5, 0.6) is 5.75 Å². The van der Waals surface area contributed by atoms with E-state index in [1.165, 1.54) is 6.07 Å². The number of amides is 1. The van der Waals surface area contributed by atoms with Crippen molar-refractivity contribution in [1.29, 1.82) is 0 Å². The van der Waals surface area contributed by atoms with Gasteiger partial charge in [-0.1, -0.05) is 41.0 Å². The van der Waals surface area contributed by atoms with Crippen LogP contribution >= 0.6 is 11.6 Å². The lowest BCUT2D eigenvalue weighted by atomic mass is 10.1. The third-order valence-corrected chi connectivity index (χ3v) is 5.59. The number of aryl methyl sites for hydroxylation is 1. The first-order chi connectivity index (χ1) is 15.0. The Morgan fingerprint density at radius 1 is 1.16 bits per heavy atom. The Morgan fingerprint density at radius 3 is 2.68 bits per heavy atom. The molecule has 1 aromatic heterocycles. The number of rotatable bonds is 6. The molecule has 0 saturated carbocycles. The number of hydrogen-bond acceptors (Lipinski definition) is 5. The number of carbonyl (C=O) groups excluding carboxylic acids is 1. The van der Waals surface area contributed by atoms with Crippen LogP contribution in [-0.2, 0) is 13.2 Å². The normalized spacial score (nSPS) is 14.6. The van der Waals surface area contributed by atoms with Gasteiger partial charge in [-0.3, -0.25) is 9.69 Å². The summed E-state index contributed by atoms with van der Waals surface area (Å²) in [7, 11) is 0. The minimum Gasteiger partial charge on any atom is -0.486 e. The van der Waals surface area contributed by atoms with Gasteiger partial charge in [0, 0.05) is 37.7 Å². The maximum Gasteiger partial charge on any atom is 0.276 e. The fraction of sp³-hybridized carbons (Fsp3) is 0.304. The van der Waals surface area contributed by atoms with E-state index in [2.05, 4.69) is 10.1 Å². The van der Waals surface area contributed by atoms with Crippen molar-refractivity contribution in [3.05, 3.63) is 82.0 Å². The largest absolute Gasteiger partial charge is 0.486 e. The third kappa shape index (κ3) is 5.06. The van der Waals surface area contributed by atoms with Gasteiger partial charge in [-0.25, -0.2) is 4.39 Å². The van der Waals surface area contributed by atoms with Crippen LogP contribution in [-0.4, -0.2) is 47.0 Å². The van der Waals surface area contributed by atoms with Gasteiger partial charge in [-0.2, -0.15) is 0 Å². The highest BCUT2D eigenvalue weighted by Gasteiger charge is 2.28. The Morgan fingerprint density at radius 2 is 1.94 bits per heavy atom. The molecule has 6 nitrogen and oxygen atoms in total. The second-order valence-corrected chi connectivity index (χ2v) is 7.92. The lowest BCUT2D eigenvalue weighted by Gasteiger charge is -2.34. The summed E-state index contributed by atoms with van der Waals surface area (Å²) in [5.74, 6) is -0.0536. The molecule has 8 heteroatoms. The molecule has 1 aliphatic heterocycles. The number of hydrogen-bond donors (Lipinski definition) is 0. The predicted molar refractivity (Wildman–Crippen MR) is 115 cm³/mol. The molecule has 0 N–H and O–H groups in total. The predicted octanol–water partition coefficient (Wildman–Crippen LogP) is 4.31. The first-order valence-electron chi connectivity index (χ1n) is 10.1. The van der Waals surface area contributed by atoms with Crippen LogP contribution in [0.2, 0.25) is 5.02 Å². The van der Waals surface area contributed by atoms with Gasteiger partial charge in [0.2, 0.25) is 0 Å². The molecule has 4 rings (SSSR count). The Bertz CT molecular complexity index is 1060. The van der Waals surface area contributed by atoms with E-state index >= 15 is 0 Å². The minimum atomic E-state index is -0.458. The highest BCUT2D eigenvalue weighted by molar-refractivity contribution is 6.30. The van der Waals surface area contributed by atoms with E-state index in [1.807, 2.05) is 24.3 Å². The monoisotopic (exact) mass is 443 g/mol. The molecule has 2 aromatic carbocycles. The topological polar surface area (TPSA) is 58.8 Å². The van der Waals surface area contributed by atoms with Crippen molar-refractivity contribution in [2.75, 3.05) is 26.2 Å². The maximum absolute atomic E-state index is 13.8. The molecule has 3 aromatic rings. The van der Waals surface area contributed by atoms with Crippen LogP contribution in [0.4, 0.5) is 4.39 Å². The van der Waals surface area contributed by atoms with E-state index in [0.717, 1.165) is 30.2 Å². The molecule has 1 fully saturated rings. The summed E-state index contributed by atoms with van der Waals surface area (Å²) in [4.78, 5) is 17.1. The van der Waals surface area contributed by atoms with Gasteiger partial charge in [0.15, 0.2) is 17.3 Å². The first kappa shape index (κ1) is 21.3. The number of halogens is 2. The molecule has 0 unspecified atom stereocenters. The highest BCUT2D eigenvalue weighted by atomic mass is 35.5. The molecular weight excluding hydrogens is 421 g/mol. The Labute approximate surface area is 185 Å². The van der Waals surface area contributed by atoms with Gasteiger partial charge in [0.25, 0.3) is 5.91 Å². The Balaban J connectivity index is 1.37. The van der Waals surface area contributed by atoms with Crippen molar-refractivity contribution in [3.63, 3.8) is 0 Å². The van der Waals surface area contributed by atoms with Crippen molar-refractivity contribution >= 4 is 17.5 Å². The van der Waals surface area contributed by atoms with Crippen LogP contribution in [0.1, 0.15) is 27.4 Å². The fourth-order valence-corrected chi connectivity index (χ4v) is 3.81. The molecule has 162 valence electrons. The number of benzene rings is 2. The number of nitrogens with zero attached hydrogens (tertiary/aromatic N) is 3. The number of aromatic nitrogens is 1. The van der Waals surface area contributed by atoms with Crippen LogP contribution in [0.15, 0.2) is 53.1 Å². The molecule has 0 radical (unpaired) electrons. The number of ether oxygens (including phenoxy) is 1. The van der Waals surface area contributed by atoms with Crippen LogP contribution in [0, 0.1) is 12.7 Å². The molecule has 0 atom stereocenters. The van der Waals surface area contributed by atoms with Crippen molar-refractivity contribution in [2.45, 2.75) is 20.1 Å². The smallest absolute Gasteiger partial charge is 0.276 e. The Kier molecular flexibility index (Phi) is 6.53. The van der Waals surface area contributed by atoms with E-state index in [-0.39, 0.29) is 24.0 Å². The lowest BCUT2D eigenvalue weighted by molar-refractivity contribution is 0.0616. The zero-order chi connectivity index (χ0) is 21.8. The molecule has 0 aliphatic carbocycles. The van der Waals surface area contributed by atoms with E-state index in [9.17, 15) is 9.18 Å². The standard InChI is InChI=1S/C23H23ClFN3O3/c1-16-19(15-30-21-8-3-2-7-20(21)25)22(26-31-16)23(29)28-11-9-27(10-12-28)14-17-5-4-6-18(24)13-17/h2-8,13H,9-12,14-15H2,1H3. The number of carbonyl (C=O) groups is 1. The summed E-state index contributed by atoms with van der Waals surface area (Å²) in [5, 5.41) is 4.67. The van der Waals surface area contributed by atoms with Crippen molar-refractivity contribution < 1.29 is 18.4 Å². The zero-order valence-electron chi connectivity index (χ0n) is 17.2. The van der Waals surface area contributed by atoms with E-state index in [4.69, 9.17) is 20.9 Å². The van der Waals surface area contributed by atoms with E-state index in [1.54, 1.807) is 30.0 Å². The van der Waals surface area contributed by atoms with Gasteiger partial charge < -0.3 is 14.2 Å². The third-order valence-electron chi connectivity index (χ3n) is 5.35. The fourth-order valence-electron chi connectivity index (χ4n) is 3.59. The average molecular weight is 444 g/mol. The molecule has 0 spiro atoms. The molecule has 1 aliphatic rings. The Hall–Kier alpha value is -2.90. The number of para-hydroxylation sites is 1. The summed E-state index contributed by atoms with van der Waals surface area (Å²) in [5.41, 5.74) is 1.90. The van der Waals surface area contributed by atoms with E-state index < -0.39 is 5.82 Å². The molecule has 1 saturated heterocycles. The van der Waals surface area contributed by atoms with E-state index in [0.29, 0.717) is 24.4 Å². The SMILES string of the molecule is Cc1onc(C(=O)N2CCN(Cc3cccc(Cl)c3)CC2)c1COc1ccccc1F. The average Bonchev–Trinajstić information content (AvgIpc) is 3.13. The van der Waals surface area contributed by atoms with Gasteiger partial charge in [-0.05, 0) is 36.8 Å². The summed E-state index contributed by atoms with van der Waals surface area (Å²) < 4.78 is 24.6. The quantitative estimate of drug-likeness (QED) is 0.568. The van der Waals surface area contributed by atoms with Crippen LogP contribution in [0.3, 0.4) is 0 Å². The second kappa shape index (κ2) is 9.49. The van der Waals surface area contributed by atoms with Gasteiger partial charge in [-0.15, -0.1) is 0 Å². The molecule has 31 heavy (non-hydrogen) atoms. The lowest BCUT2D eigenvalue weighted by Crippen LogP contribution is -2.48. The summed E-state index contributed by atoms with van der Waals surface area (Å²) >= 11 is 6.07.